The molecule has 2 aromatic rings. The van der Waals surface area contributed by atoms with E-state index in [0.29, 0.717) is 11.1 Å². The third kappa shape index (κ3) is 3.66. The summed E-state index contributed by atoms with van der Waals surface area (Å²) in [6.45, 7) is 0. The minimum absolute atomic E-state index is 0.152. The summed E-state index contributed by atoms with van der Waals surface area (Å²) in [5, 5.41) is 0. The molecule has 0 aromatic heterocycles. The predicted molar refractivity (Wildman–Crippen MR) is 78.6 cm³/mol. The smallest absolute Gasteiger partial charge is 0.422 e. The van der Waals surface area contributed by atoms with E-state index in [-0.39, 0.29) is 5.71 Å². The van der Waals surface area contributed by atoms with Gasteiger partial charge >= 0.3 is 11.7 Å². The Labute approximate surface area is 122 Å². The second kappa shape index (κ2) is 6.85. The molecule has 102 valence electrons. The number of ether oxygens (including phenoxy) is 1. The van der Waals surface area contributed by atoms with Gasteiger partial charge in [0.05, 0.1) is 12.7 Å². The highest BCUT2D eigenvalue weighted by Gasteiger charge is 2.23. The summed E-state index contributed by atoms with van der Waals surface area (Å²) in [6.07, 6.45) is 0. The molecule has 0 aliphatic carbocycles. The molecule has 0 fully saturated rings. The highest BCUT2D eigenvalue weighted by atomic mass is 16.5. The molecule has 2 rings (SSSR count). The maximum absolute atomic E-state index is 11.5. The second-order valence-electron chi connectivity index (χ2n) is 4.14. The number of carbonyl (C=O) groups is 1. The highest BCUT2D eigenvalue weighted by molar-refractivity contribution is 6.40. The zero-order valence-corrected chi connectivity index (χ0v) is 11.4. The summed E-state index contributed by atoms with van der Waals surface area (Å²) < 4.78 is 4.56. The third-order valence-corrected chi connectivity index (χ3v) is 2.74. The molecule has 0 aliphatic rings. The molecule has 0 unspecified atom stereocenters. The van der Waals surface area contributed by atoms with E-state index in [1.165, 1.54) is 7.11 Å². The Bertz CT molecular complexity index is 764. The Kier molecular flexibility index (Phi) is 4.66. The maximum Gasteiger partial charge on any atom is 0.422 e. The summed E-state index contributed by atoms with van der Waals surface area (Å²) in [4.78, 5) is 14.5. The fraction of sp³-hybridized carbons (Fsp3) is 0.0588. The zero-order chi connectivity index (χ0) is 15.1. The van der Waals surface area contributed by atoms with Crippen molar-refractivity contribution in [2.75, 3.05) is 7.11 Å². The monoisotopic (exact) mass is 276 g/mol. The minimum atomic E-state index is -0.703. The van der Waals surface area contributed by atoms with Gasteiger partial charge in [0.2, 0.25) is 0 Å². The quantitative estimate of drug-likeness (QED) is 0.278. The van der Waals surface area contributed by atoms with Gasteiger partial charge in [-0.2, -0.15) is 4.79 Å². The van der Waals surface area contributed by atoms with Gasteiger partial charge in [-0.1, -0.05) is 36.1 Å². The number of benzene rings is 2. The van der Waals surface area contributed by atoms with Crippen molar-refractivity contribution >= 4 is 11.7 Å². The van der Waals surface area contributed by atoms with Crippen LogP contribution in [-0.4, -0.2) is 23.6 Å². The molecule has 0 saturated carbocycles. The summed E-state index contributed by atoms with van der Waals surface area (Å²) >= 11 is 0. The minimum Gasteiger partial charge on any atom is -0.460 e. The van der Waals surface area contributed by atoms with Crippen LogP contribution in [0.1, 0.15) is 16.7 Å². The van der Waals surface area contributed by atoms with Crippen molar-refractivity contribution in [3.8, 4) is 11.8 Å². The van der Waals surface area contributed by atoms with Gasteiger partial charge in [-0.3, -0.25) is 0 Å². The van der Waals surface area contributed by atoms with Crippen LogP contribution in [0.4, 0.5) is 0 Å². The summed E-state index contributed by atoms with van der Waals surface area (Å²) in [5.41, 5.74) is 10.8. The normalized spacial score (nSPS) is 9.00. The predicted octanol–water partition coefficient (Wildman–Crippen LogP) is 2.28. The van der Waals surface area contributed by atoms with E-state index >= 15 is 0 Å². The Morgan fingerprint density at radius 1 is 1.05 bits per heavy atom. The number of carbonyl (C=O) groups excluding carboxylic acids is 1. The van der Waals surface area contributed by atoms with Crippen molar-refractivity contribution in [3.63, 3.8) is 0 Å². The van der Waals surface area contributed by atoms with Gasteiger partial charge in [-0.05, 0) is 30.3 Å². The topological polar surface area (TPSA) is 62.7 Å². The molecular formula is C17H12N2O2. The molecule has 0 heterocycles. The molecule has 4 nitrogen and oxygen atoms in total. The molecule has 0 saturated heterocycles. The fourth-order valence-electron chi connectivity index (χ4n) is 1.72. The first-order valence-electron chi connectivity index (χ1n) is 6.22. The molecule has 0 amide bonds. The Hall–Kier alpha value is -3.15. The standard InChI is InChI=1S/C17H12N2O2/c1-21-17(20)16(19-18)15-9-5-8-14(12-15)11-10-13-6-3-2-4-7-13/h2-9,12H,1H3. The van der Waals surface area contributed by atoms with Gasteiger partial charge in [0, 0.05) is 11.1 Å². The zero-order valence-electron chi connectivity index (χ0n) is 11.4. The largest absolute Gasteiger partial charge is 0.460 e. The Morgan fingerprint density at radius 2 is 1.71 bits per heavy atom. The van der Waals surface area contributed by atoms with Crippen molar-refractivity contribution in [1.29, 1.82) is 0 Å². The van der Waals surface area contributed by atoms with Gasteiger partial charge in [-0.25, -0.2) is 4.79 Å². The molecular weight excluding hydrogens is 264 g/mol. The van der Waals surface area contributed by atoms with Gasteiger partial charge in [0.25, 0.3) is 0 Å². The summed E-state index contributed by atoms with van der Waals surface area (Å²) in [6, 6.07) is 16.4. The molecule has 0 bridgehead atoms. The van der Waals surface area contributed by atoms with E-state index in [1.54, 1.807) is 18.2 Å². The van der Waals surface area contributed by atoms with Gasteiger partial charge in [0.1, 0.15) is 0 Å². The van der Waals surface area contributed by atoms with Crippen LogP contribution in [0.15, 0.2) is 54.6 Å². The van der Waals surface area contributed by atoms with E-state index in [4.69, 9.17) is 5.53 Å². The summed E-state index contributed by atoms with van der Waals surface area (Å²) in [7, 11) is 1.23. The highest BCUT2D eigenvalue weighted by Crippen LogP contribution is 2.06. The van der Waals surface area contributed by atoms with Crippen LogP contribution in [0.2, 0.25) is 0 Å². The van der Waals surface area contributed by atoms with Crippen molar-refractivity contribution < 1.29 is 14.3 Å². The average molecular weight is 276 g/mol. The molecule has 4 heteroatoms. The SMILES string of the molecule is COC(=O)C(=[N+]=[N-])c1cccc(C#Cc2ccccc2)c1. The summed E-state index contributed by atoms with van der Waals surface area (Å²) in [5.74, 6) is 5.32. The van der Waals surface area contributed by atoms with E-state index < -0.39 is 5.97 Å². The van der Waals surface area contributed by atoms with E-state index in [1.807, 2.05) is 36.4 Å². The number of esters is 1. The number of hydrogen-bond donors (Lipinski definition) is 0. The van der Waals surface area contributed by atoms with Crippen LogP contribution >= 0.6 is 0 Å². The maximum atomic E-state index is 11.5. The third-order valence-electron chi connectivity index (χ3n) is 2.74. The van der Waals surface area contributed by atoms with E-state index in [9.17, 15) is 4.79 Å². The van der Waals surface area contributed by atoms with Gasteiger partial charge < -0.3 is 10.3 Å². The molecule has 0 spiro atoms. The second-order valence-corrected chi connectivity index (χ2v) is 4.14. The lowest BCUT2D eigenvalue weighted by Crippen LogP contribution is -2.18. The molecule has 0 atom stereocenters. The van der Waals surface area contributed by atoms with Crippen LogP contribution in [0, 0.1) is 11.8 Å². The number of hydrogen-bond acceptors (Lipinski definition) is 2. The number of rotatable bonds is 2. The molecule has 0 radical (unpaired) electrons. The number of methoxy groups -OCH3 is 1. The van der Waals surface area contributed by atoms with Crippen molar-refractivity contribution in [2.24, 2.45) is 0 Å². The number of nitrogens with zero attached hydrogens (tertiary/aromatic N) is 2. The lowest BCUT2D eigenvalue weighted by atomic mass is 10.1. The van der Waals surface area contributed by atoms with Crippen LogP contribution < -0.4 is 0 Å². The molecule has 21 heavy (non-hydrogen) atoms. The molecule has 0 aliphatic heterocycles. The first kappa shape index (κ1) is 14.3. The average Bonchev–Trinajstić information content (AvgIpc) is 2.55. The Morgan fingerprint density at radius 3 is 2.38 bits per heavy atom. The first-order chi connectivity index (χ1) is 10.2. The van der Waals surface area contributed by atoms with Crippen molar-refractivity contribution in [3.05, 3.63) is 76.8 Å². The molecule has 0 N–H and O–H groups in total. The molecule has 2 aromatic carbocycles. The van der Waals surface area contributed by atoms with Crippen LogP contribution in [0.25, 0.3) is 5.53 Å². The first-order valence-corrected chi connectivity index (χ1v) is 6.22. The van der Waals surface area contributed by atoms with Crippen LogP contribution in [0.3, 0.4) is 0 Å². The van der Waals surface area contributed by atoms with Crippen molar-refractivity contribution in [1.82, 2.24) is 0 Å². The lowest BCUT2D eigenvalue weighted by Gasteiger charge is -1.96. The van der Waals surface area contributed by atoms with E-state index in [2.05, 4.69) is 21.4 Å². The van der Waals surface area contributed by atoms with Gasteiger partial charge in [0.15, 0.2) is 0 Å². The van der Waals surface area contributed by atoms with Crippen LogP contribution in [0.5, 0.6) is 0 Å². The van der Waals surface area contributed by atoms with Crippen molar-refractivity contribution in [2.45, 2.75) is 0 Å². The lowest BCUT2D eigenvalue weighted by molar-refractivity contribution is -0.137. The van der Waals surface area contributed by atoms with Crippen LogP contribution in [-0.2, 0) is 9.53 Å². The van der Waals surface area contributed by atoms with E-state index in [0.717, 1.165) is 5.56 Å². The van der Waals surface area contributed by atoms with Gasteiger partial charge in [-0.15, -0.1) is 0 Å². The Balaban J connectivity index is 2.33. The fourth-order valence-corrected chi connectivity index (χ4v) is 1.72.